The van der Waals surface area contributed by atoms with Crippen LogP contribution in [0.15, 0.2) is 35.5 Å². The smallest absolute Gasteiger partial charge is 0.328 e. The molecule has 3 heterocycles. The molecular formula is C27H26Cl2N8O6. The number of nitrogens with one attached hydrogen (secondary N) is 3. The van der Waals surface area contributed by atoms with Gasteiger partial charge in [0.15, 0.2) is 6.19 Å². The summed E-state index contributed by atoms with van der Waals surface area (Å²) < 4.78 is 0. The average molecular weight is 629 g/mol. The average Bonchev–Trinajstić information content (AvgIpc) is 3.58. The van der Waals surface area contributed by atoms with Crippen molar-refractivity contribution in [3.63, 3.8) is 0 Å². The highest BCUT2D eigenvalue weighted by Gasteiger charge is 2.33. The summed E-state index contributed by atoms with van der Waals surface area (Å²) in [6, 6.07) is 5.28. The van der Waals surface area contributed by atoms with Gasteiger partial charge < -0.3 is 30.4 Å². The number of aliphatic hydroxyl groups is 2. The van der Waals surface area contributed by atoms with Gasteiger partial charge in [-0.05, 0) is 35.7 Å². The number of hydrogen-bond acceptors (Lipinski definition) is 8. The summed E-state index contributed by atoms with van der Waals surface area (Å²) in [5, 5.41) is 50.8. The molecule has 1 aromatic heterocycles. The quantitative estimate of drug-likeness (QED) is 0.0975. The van der Waals surface area contributed by atoms with Crippen LogP contribution < -0.4 is 10.6 Å². The van der Waals surface area contributed by atoms with Crippen molar-refractivity contribution in [2.75, 3.05) is 26.2 Å². The monoisotopic (exact) mass is 628 g/mol. The van der Waals surface area contributed by atoms with Crippen LogP contribution in [0.25, 0.3) is 10.9 Å². The summed E-state index contributed by atoms with van der Waals surface area (Å²) in [5.41, 5.74) is 2.40. The van der Waals surface area contributed by atoms with Crippen molar-refractivity contribution in [2.24, 2.45) is 4.99 Å². The molecule has 0 radical (unpaired) electrons. The van der Waals surface area contributed by atoms with Crippen molar-refractivity contribution < 1.29 is 29.7 Å². The number of halogens is 2. The molecule has 1 fully saturated rings. The highest BCUT2D eigenvalue weighted by Crippen LogP contribution is 2.35. The fraction of sp³-hybridized carbons (Fsp3) is 0.333. The summed E-state index contributed by atoms with van der Waals surface area (Å²) >= 11 is 13.1. The fourth-order valence-corrected chi connectivity index (χ4v) is 5.85. The van der Waals surface area contributed by atoms with Gasteiger partial charge in [-0.15, -0.1) is 0 Å². The largest absolute Gasteiger partial charge is 0.480 e. The Balaban J connectivity index is 1.31. The van der Waals surface area contributed by atoms with Crippen LogP contribution in [0.4, 0.5) is 0 Å². The van der Waals surface area contributed by atoms with Gasteiger partial charge in [-0.3, -0.25) is 20.0 Å². The minimum absolute atomic E-state index is 0.0195. The van der Waals surface area contributed by atoms with E-state index in [2.05, 4.69) is 25.8 Å². The molecule has 3 aromatic rings. The first-order valence-electron chi connectivity index (χ1n) is 13.1. The summed E-state index contributed by atoms with van der Waals surface area (Å²) in [5.74, 6) is -2.49. The number of aliphatic hydroxyl groups excluding tert-OH is 2. The summed E-state index contributed by atoms with van der Waals surface area (Å²) in [6.45, 7) is 0.00641. The van der Waals surface area contributed by atoms with Crippen LogP contribution in [0.1, 0.15) is 31.8 Å². The number of carbonyl (C=O) groups is 3. The molecule has 2 aliphatic rings. The lowest BCUT2D eigenvalue weighted by Gasteiger charge is -2.30. The number of aliphatic carboxylic acids is 1. The molecule has 43 heavy (non-hydrogen) atoms. The molecule has 0 bridgehead atoms. The Labute approximate surface area is 254 Å². The van der Waals surface area contributed by atoms with E-state index in [1.165, 1.54) is 4.90 Å². The van der Waals surface area contributed by atoms with Gasteiger partial charge in [-0.25, -0.2) is 9.79 Å². The number of β-amino-alcohol motifs (C(OH)–C–C–N with tert-alkyl or cyclic N) is 2. The lowest BCUT2D eigenvalue weighted by molar-refractivity contribution is -0.138. The van der Waals surface area contributed by atoms with Crippen LogP contribution in [0.3, 0.4) is 0 Å². The number of rotatable bonds is 6. The van der Waals surface area contributed by atoms with Crippen LogP contribution in [-0.2, 0) is 17.8 Å². The number of carboxylic acid groups (broad SMARTS) is 1. The van der Waals surface area contributed by atoms with E-state index < -0.39 is 36.7 Å². The number of H-pyrrole nitrogens is 1. The van der Waals surface area contributed by atoms with Gasteiger partial charge in [-0.1, -0.05) is 29.3 Å². The maximum absolute atomic E-state index is 13.2. The summed E-state index contributed by atoms with van der Waals surface area (Å²) in [4.78, 5) is 45.5. The zero-order chi connectivity index (χ0) is 30.8. The zero-order valence-electron chi connectivity index (χ0n) is 22.4. The Kier molecular flexibility index (Phi) is 8.69. The van der Waals surface area contributed by atoms with Crippen LogP contribution in [0, 0.1) is 11.5 Å². The first-order chi connectivity index (χ1) is 20.6. The lowest BCUT2D eigenvalue weighted by Crippen LogP contribution is -2.45. The van der Waals surface area contributed by atoms with Crippen molar-refractivity contribution in [3.05, 3.63) is 62.8 Å². The number of carbonyl (C=O) groups excluding carboxylic acids is 2. The highest BCUT2D eigenvalue weighted by atomic mass is 35.5. The van der Waals surface area contributed by atoms with Gasteiger partial charge >= 0.3 is 5.97 Å². The first kappa shape index (κ1) is 30.1. The number of amides is 2. The number of nitrogens with zero attached hydrogens (tertiary/aromatic N) is 5. The van der Waals surface area contributed by atoms with Crippen LogP contribution in [-0.4, -0.2) is 103 Å². The number of carboxylic acids is 1. The number of aromatic nitrogens is 2. The van der Waals surface area contributed by atoms with Crippen molar-refractivity contribution >= 4 is 57.8 Å². The molecule has 3 atom stereocenters. The molecule has 2 aromatic carbocycles. The molecule has 16 heteroatoms. The third-order valence-electron chi connectivity index (χ3n) is 7.36. The normalized spacial score (nSPS) is 19.1. The highest BCUT2D eigenvalue weighted by molar-refractivity contribution is 6.40. The van der Waals surface area contributed by atoms with E-state index >= 15 is 0 Å². The minimum Gasteiger partial charge on any atom is -0.480 e. The Hall–Kier alpha value is -4.42. The number of benzene rings is 2. The van der Waals surface area contributed by atoms with Crippen molar-refractivity contribution in [1.82, 2.24) is 30.6 Å². The molecule has 2 amide bonds. The molecule has 2 aliphatic heterocycles. The second-order valence-corrected chi connectivity index (χ2v) is 10.9. The molecule has 1 saturated heterocycles. The minimum atomic E-state index is -1.52. The Morgan fingerprint density at radius 1 is 1.19 bits per heavy atom. The lowest BCUT2D eigenvalue weighted by atomic mass is 9.96. The molecule has 14 nitrogen and oxygen atoms in total. The van der Waals surface area contributed by atoms with Gasteiger partial charge in [0.1, 0.15) is 6.04 Å². The molecule has 0 unspecified atom stereocenters. The molecule has 224 valence electrons. The molecule has 6 N–H and O–H groups in total. The third-order valence-corrected chi connectivity index (χ3v) is 8.08. The van der Waals surface area contributed by atoms with E-state index in [1.54, 1.807) is 41.6 Å². The SMILES string of the molecule is N#CNC(=NC[C@H](NC(=O)c1c(Cl)cc2c(c1Cl)CCN(C(=O)c1ccc3cn[nH]c3c1)C2)C(=O)O)N1C[C@@H](O)[C@H](O)C1. The zero-order valence-corrected chi connectivity index (χ0v) is 23.9. The number of fused-ring (bicyclic) bond motifs is 2. The number of guanidine groups is 1. The van der Waals surface area contributed by atoms with Gasteiger partial charge in [-0.2, -0.15) is 10.4 Å². The Bertz CT molecular complexity index is 1660. The van der Waals surface area contributed by atoms with Crippen molar-refractivity contribution in [3.8, 4) is 6.19 Å². The van der Waals surface area contributed by atoms with Gasteiger partial charge in [0.05, 0.1) is 46.1 Å². The predicted molar refractivity (Wildman–Crippen MR) is 155 cm³/mol. The number of likely N-dealkylation sites (tertiary alicyclic amines) is 1. The topological polar surface area (TPSA) is 207 Å². The van der Waals surface area contributed by atoms with Gasteiger partial charge in [0.25, 0.3) is 11.8 Å². The van der Waals surface area contributed by atoms with Crippen molar-refractivity contribution in [2.45, 2.75) is 31.2 Å². The van der Waals surface area contributed by atoms with Gasteiger partial charge in [0, 0.05) is 37.1 Å². The number of aromatic amines is 1. The van der Waals surface area contributed by atoms with Gasteiger partial charge in [0.2, 0.25) is 5.96 Å². The molecule has 5 rings (SSSR count). The van der Waals surface area contributed by atoms with E-state index in [4.69, 9.17) is 28.5 Å². The van der Waals surface area contributed by atoms with Crippen LogP contribution >= 0.6 is 23.2 Å². The van der Waals surface area contributed by atoms with E-state index in [9.17, 15) is 29.7 Å². The van der Waals surface area contributed by atoms with E-state index in [0.717, 1.165) is 10.9 Å². The Morgan fingerprint density at radius 3 is 2.63 bits per heavy atom. The maximum atomic E-state index is 13.2. The second kappa shape index (κ2) is 12.4. The number of hydrogen-bond donors (Lipinski definition) is 6. The molecule has 0 saturated carbocycles. The van der Waals surface area contributed by atoms with E-state index in [0.29, 0.717) is 29.7 Å². The maximum Gasteiger partial charge on any atom is 0.328 e. The van der Waals surface area contributed by atoms with E-state index in [1.807, 2.05) is 0 Å². The number of aliphatic imine (C=N–C) groups is 1. The Morgan fingerprint density at radius 2 is 1.93 bits per heavy atom. The molecular weight excluding hydrogens is 603 g/mol. The third kappa shape index (κ3) is 6.20. The second-order valence-electron chi connectivity index (χ2n) is 10.1. The number of nitriles is 1. The molecule has 0 spiro atoms. The standard InChI is InChI=1S/C27H26Cl2N8O6/c28-17-5-15-9-36(25(41)13-1-2-14-7-33-35-18(14)6-13)4-3-16(15)23(29)22(17)24(40)34-19(26(42)43)8-31-27(32-12-30)37-10-20(38)21(39)11-37/h1-2,5-7,19-21,38-39H,3-4,8-11H2,(H,31,32)(H,33,35)(H,34,40)(H,42,43)/t19-,20+,21+/m0/s1. The summed E-state index contributed by atoms with van der Waals surface area (Å²) in [6.07, 6.45) is 1.56. The molecule has 0 aliphatic carbocycles. The van der Waals surface area contributed by atoms with Crippen LogP contribution in [0.2, 0.25) is 10.0 Å². The predicted octanol–water partition coefficient (Wildman–Crippen LogP) is 0.715. The first-order valence-corrected chi connectivity index (χ1v) is 13.9. The fourth-order valence-electron chi connectivity index (χ4n) is 5.09. The summed E-state index contributed by atoms with van der Waals surface area (Å²) in [7, 11) is 0. The van der Waals surface area contributed by atoms with Crippen molar-refractivity contribution in [1.29, 1.82) is 5.26 Å². The van der Waals surface area contributed by atoms with E-state index in [-0.39, 0.29) is 47.1 Å². The van der Waals surface area contributed by atoms with Crippen LogP contribution in [0.5, 0.6) is 0 Å².